The van der Waals surface area contributed by atoms with Crippen LogP contribution in [0.15, 0.2) is 49.1 Å². The Morgan fingerprint density at radius 2 is 1.94 bits per heavy atom. The minimum Gasteiger partial charge on any atom is -0.497 e. The fourth-order valence-electron chi connectivity index (χ4n) is 3.32. The maximum Gasteiger partial charge on any atom is 0.312 e. The summed E-state index contributed by atoms with van der Waals surface area (Å²) >= 11 is 0. The lowest BCUT2D eigenvalue weighted by atomic mass is 10.1. The number of aromatic nitrogens is 4. The monoisotopic (exact) mass is 466 g/mol. The van der Waals surface area contributed by atoms with Crippen molar-refractivity contribution >= 4 is 17.8 Å². The number of nitrogens with two attached hydrogens (primary N) is 1. The SMILES string of the molecule is COc1ccc(CCNC(=O)CN(CCCNC(N)=O)c2cc(C)nc(-n3ccnc3)n2)cc1. The smallest absolute Gasteiger partial charge is 0.312 e. The summed E-state index contributed by atoms with van der Waals surface area (Å²) in [5.74, 6) is 1.74. The third kappa shape index (κ3) is 7.47. The number of hydrogen-bond acceptors (Lipinski definition) is 7. The van der Waals surface area contributed by atoms with E-state index in [4.69, 9.17) is 10.5 Å². The van der Waals surface area contributed by atoms with Gasteiger partial charge in [0, 0.05) is 43.8 Å². The molecule has 4 N–H and O–H groups in total. The van der Waals surface area contributed by atoms with Gasteiger partial charge in [-0.25, -0.2) is 14.8 Å². The molecule has 0 fully saturated rings. The zero-order chi connectivity index (χ0) is 24.3. The maximum atomic E-state index is 12.7. The molecule has 0 bridgehead atoms. The molecule has 0 saturated carbocycles. The molecule has 0 aliphatic carbocycles. The van der Waals surface area contributed by atoms with Gasteiger partial charge in [-0.05, 0) is 37.5 Å². The fraction of sp³-hybridized carbons (Fsp3) is 0.348. The first kappa shape index (κ1) is 24.5. The second-order valence-corrected chi connectivity index (χ2v) is 7.65. The van der Waals surface area contributed by atoms with Crippen LogP contribution in [0, 0.1) is 6.92 Å². The Labute approximate surface area is 198 Å². The third-order valence-electron chi connectivity index (χ3n) is 5.02. The second kappa shape index (κ2) is 12.2. The highest BCUT2D eigenvalue weighted by molar-refractivity contribution is 5.81. The highest BCUT2D eigenvalue weighted by atomic mass is 16.5. The molecule has 180 valence electrons. The summed E-state index contributed by atoms with van der Waals surface area (Å²) < 4.78 is 6.88. The number of imidazole rings is 1. The van der Waals surface area contributed by atoms with Crippen LogP contribution in [0.1, 0.15) is 17.7 Å². The topological polar surface area (TPSA) is 140 Å². The molecule has 3 rings (SSSR count). The number of methoxy groups -OCH3 is 1. The van der Waals surface area contributed by atoms with E-state index in [0.29, 0.717) is 44.2 Å². The molecule has 0 spiro atoms. The quantitative estimate of drug-likeness (QED) is 0.341. The van der Waals surface area contributed by atoms with Gasteiger partial charge < -0.3 is 26.0 Å². The molecule has 3 amide bonds. The lowest BCUT2D eigenvalue weighted by Gasteiger charge is -2.24. The number of primary amides is 1. The Balaban J connectivity index is 1.65. The van der Waals surface area contributed by atoms with Gasteiger partial charge in [0.15, 0.2) is 0 Å². The van der Waals surface area contributed by atoms with Crippen LogP contribution in [0.2, 0.25) is 0 Å². The summed E-state index contributed by atoms with van der Waals surface area (Å²) in [6, 6.07) is 8.99. The molecule has 0 saturated heterocycles. The van der Waals surface area contributed by atoms with Crippen LogP contribution in [0.4, 0.5) is 10.6 Å². The van der Waals surface area contributed by atoms with Crippen LogP contribution in [0.5, 0.6) is 5.75 Å². The zero-order valence-electron chi connectivity index (χ0n) is 19.4. The Bertz CT molecular complexity index is 1070. The number of hydrogen-bond donors (Lipinski definition) is 3. The molecule has 0 radical (unpaired) electrons. The van der Waals surface area contributed by atoms with Crippen LogP contribution in [-0.4, -0.2) is 64.7 Å². The average molecular weight is 467 g/mol. The molecular weight excluding hydrogens is 436 g/mol. The number of rotatable bonds is 12. The van der Waals surface area contributed by atoms with E-state index in [-0.39, 0.29) is 12.5 Å². The van der Waals surface area contributed by atoms with E-state index in [1.165, 1.54) is 0 Å². The molecule has 11 heteroatoms. The van der Waals surface area contributed by atoms with Crippen molar-refractivity contribution in [3.8, 4) is 11.7 Å². The molecular formula is C23H30N8O3. The zero-order valence-corrected chi connectivity index (χ0v) is 19.4. The summed E-state index contributed by atoms with van der Waals surface area (Å²) in [5, 5.41) is 5.53. The molecule has 1 aromatic carbocycles. The predicted molar refractivity (Wildman–Crippen MR) is 128 cm³/mol. The van der Waals surface area contributed by atoms with Crippen molar-refractivity contribution in [2.75, 3.05) is 38.2 Å². The van der Waals surface area contributed by atoms with E-state index in [2.05, 4.69) is 25.6 Å². The van der Waals surface area contributed by atoms with E-state index >= 15 is 0 Å². The number of nitrogens with zero attached hydrogens (tertiary/aromatic N) is 5. The van der Waals surface area contributed by atoms with E-state index in [1.54, 1.807) is 30.4 Å². The fourth-order valence-corrected chi connectivity index (χ4v) is 3.32. The van der Waals surface area contributed by atoms with Gasteiger partial charge in [0.1, 0.15) is 17.9 Å². The Hall–Kier alpha value is -4.15. The number of anilines is 1. The van der Waals surface area contributed by atoms with Crippen molar-refractivity contribution in [3.63, 3.8) is 0 Å². The number of nitrogens with one attached hydrogen (secondary N) is 2. The van der Waals surface area contributed by atoms with Crippen molar-refractivity contribution < 1.29 is 14.3 Å². The summed E-state index contributed by atoms with van der Waals surface area (Å²) in [6.07, 6.45) is 6.31. The molecule has 11 nitrogen and oxygen atoms in total. The van der Waals surface area contributed by atoms with Crippen LogP contribution in [-0.2, 0) is 11.2 Å². The Morgan fingerprint density at radius 1 is 1.15 bits per heavy atom. The first-order valence-electron chi connectivity index (χ1n) is 11.0. The van der Waals surface area contributed by atoms with Crippen molar-refractivity contribution in [3.05, 3.63) is 60.3 Å². The maximum absolute atomic E-state index is 12.7. The number of aryl methyl sites for hydroxylation is 1. The van der Waals surface area contributed by atoms with E-state index in [9.17, 15) is 9.59 Å². The van der Waals surface area contributed by atoms with Crippen molar-refractivity contribution in [2.24, 2.45) is 5.73 Å². The largest absolute Gasteiger partial charge is 0.497 e. The van der Waals surface area contributed by atoms with Gasteiger partial charge in [-0.3, -0.25) is 9.36 Å². The van der Waals surface area contributed by atoms with Crippen molar-refractivity contribution in [1.82, 2.24) is 30.2 Å². The van der Waals surface area contributed by atoms with Crippen LogP contribution < -0.4 is 26.0 Å². The first-order valence-corrected chi connectivity index (χ1v) is 11.0. The summed E-state index contributed by atoms with van der Waals surface area (Å²) in [5.41, 5.74) is 7.01. The van der Waals surface area contributed by atoms with Gasteiger partial charge in [-0.2, -0.15) is 4.98 Å². The van der Waals surface area contributed by atoms with Crippen LogP contribution in [0.3, 0.4) is 0 Å². The molecule has 0 unspecified atom stereocenters. The lowest BCUT2D eigenvalue weighted by Crippen LogP contribution is -2.40. The van der Waals surface area contributed by atoms with Crippen molar-refractivity contribution in [2.45, 2.75) is 19.8 Å². The first-order chi connectivity index (χ1) is 16.4. The van der Waals surface area contributed by atoms with Crippen LogP contribution >= 0.6 is 0 Å². The molecule has 34 heavy (non-hydrogen) atoms. The van der Waals surface area contributed by atoms with Gasteiger partial charge in [-0.15, -0.1) is 0 Å². The number of benzene rings is 1. The van der Waals surface area contributed by atoms with Gasteiger partial charge in [-0.1, -0.05) is 12.1 Å². The summed E-state index contributed by atoms with van der Waals surface area (Å²) in [4.78, 5) is 38.7. The standard InChI is InChI=1S/C23H30N8O3/c1-17-14-20(29-23(28-17)31-13-11-25-16-31)30(12-3-9-27-22(24)33)15-21(32)26-10-8-18-4-6-19(34-2)7-5-18/h4-7,11,13-14,16H,3,8-10,12,15H2,1-2H3,(H,26,32)(H3,24,27,33). The number of ether oxygens (including phenoxy) is 1. The van der Waals surface area contributed by atoms with Gasteiger partial charge >= 0.3 is 6.03 Å². The van der Waals surface area contributed by atoms with Crippen molar-refractivity contribution in [1.29, 1.82) is 0 Å². The van der Waals surface area contributed by atoms with E-state index < -0.39 is 6.03 Å². The Morgan fingerprint density at radius 3 is 2.62 bits per heavy atom. The summed E-state index contributed by atoms with van der Waals surface area (Å²) in [6.45, 7) is 3.37. The number of amides is 3. The van der Waals surface area contributed by atoms with Gasteiger partial charge in [0.05, 0.1) is 13.7 Å². The third-order valence-corrected chi connectivity index (χ3v) is 5.02. The minimum atomic E-state index is -0.580. The normalized spacial score (nSPS) is 10.5. The number of carbonyl (C=O) groups excluding carboxylic acids is 2. The molecule has 2 aromatic heterocycles. The van der Waals surface area contributed by atoms with E-state index in [1.807, 2.05) is 42.2 Å². The highest BCUT2D eigenvalue weighted by Gasteiger charge is 2.15. The lowest BCUT2D eigenvalue weighted by molar-refractivity contribution is -0.119. The summed E-state index contributed by atoms with van der Waals surface area (Å²) in [7, 11) is 1.63. The molecule has 3 aromatic rings. The minimum absolute atomic E-state index is 0.110. The van der Waals surface area contributed by atoms with Crippen LogP contribution in [0.25, 0.3) is 5.95 Å². The average Bonchev–Trinajstić information content (AvgIpc) is 3.36. The Kier molecular flexibility index (Phi) is 8.78. The van der Waals surface area contributed by atoms with Gasteiger partial charge in [0.25, 0.3) is 0 Å². The molecule has 0 aliphatic rings. The molecule has 0 atom stereocenters. The number of carbonyl (C=O) groups is 2. The van der Waals surface area contributed by atoms with Gasteiger partial charge in [0.2, 0.25) is 11.9 Å². The molecule has 0 aliphatic heterocycles. The predicted octanol–water partition coefficient (Wildman–Crippen LogP) is 1.20. The number of urea groups is 1. The molecule has 2 heterocycles. The highest BCUT2D eigenvalue weighted by Crippen LogP contribution is 2.15. The second-order valence-electron chi connectivity index (χ2n) is 7.65. The van der Waals surface area contributed by atoms with E-state index in [0.717, 1.165) is 17.0 Å².